The van der Waals surface area contributed by atoms with E-state index in [0.717, 1.165) is 61.1 Å². The summed E-state index contributed by atoms with van der Waals surface area (Å²) in [6, 6.07) is 9.98. The van der Waals surface area contributed by atoms with Crippen LogP contribution in [0.15, 0.2) is 30.3 Å². The highest BCUT2D eigenvalue weighted by molar-refractivity contribution is 5.75. The Kier molecular flexibility index (Phi) is 5.43. The zero-order valence-electron chi connectivity index (χ0n) is 16.7. The fourth-order valence-electron chi connectivity index (χ4n) is 3.94. The van der Waals surface area contributed by atoms with E-state index in [1.165, 1.54) is 0 Å². The number of aromatic nitrogens is 2. The molecule has 0 bridgehead atoms. The first-order chi connectivity index (χ1) is 13.6. The van der Waals surface area contributed by atoms with Gasteiger partial charge in [0.25, 0.3) is 0 Å². The number of benzene rings is 1. The fraction of sp³-hybridized carbons (Fsp3) is 0.476. The molecular weight excluding hydrogens is 352 g/mol. The fourth-order valence-corrected chi connectivity index (χ4v) is 3.94. The van der Waals surface area contributed by atoms with Crippen molar-refractivity contribution in [3.63, 3.8) is 0 Å². The predicted molar refractivity (Wildman–Crippen MR) is 108 cm³/mol. The Bertz CT molecular complexity index is 832. The van der Waals surface area contributed by atoms with Gasteiger partial charge in [0, 0.05) is 25.1 Å². The van der Waals surface area contributed by atoms with E-state index in [0.29, 0.717) is 19.6 Å². The third-order valence-corrected chi connectivity index (χ3v) is 5.64. The second-order valence-electron chi connectivity index (χ2n) is 7.78. The van der Waals surface area contributed by atoms with Crippen molar-refractivity contribution < 1.29 is 9.69 Å². The zero-order valence-corrected chi connectivity index (χ0v) is 16.7. The van der Waals surface area contributed by atoms with Gasteiger partial charge in [-0.05, 0) is 12.5 Å². The number of anilines is 1. The van der Waals surface area contributed by atoms with E-state index >= 15 is 0 Å². The van der Waals surface area contributed by atoms with Gasteiger partial charge in [-0.15, -0.1) is 0 Å². The van der Waals surface area contributed by atoms with Crippen LogP contribution in [0.2, 0.25) is 0 Å². The van der Waals surface area contributed by atoms with E-state index in [9.17, 15) is 4.79 Å². The van der Waals surface area contributed by atoms with Gasteiger partial charge in [0.1, 0.15) is 11.6 Å². The lowest BCUT2D eigenvalue weighted by atomic mass is 10.1. The number of nitrogens with zero attached hydrogens (tertiary/aromatic N) is 4. The average molecular weight is 382 g/mol. The minimum Gasteiger partial charge on any atom is -0.345 e. The van der Waals surface area contributed by atoms with E-state index in [4.69, 9.17) is 4.98 Å². The van der Waals surface area contributed by atoms with Gasteiger partial charge < -0.3 is 20.0 Å². The molecule has 2 aliphatic heterocycles. The van der Waals surface area contributed by atoms with Crippen LogP contribution in [0.4, 0.5) is 10.6 Å². The van der Waals surface area contributed by atoms with Gasteiger partial charge in [0.05, 0.1) is 45.5 Å². The summed E-state index contributed by atoms with van der Waals surface area (Å²) in [6.45, 7) is 7.98. The van der Waals surface area contributed by atoms with Crippen molar-refractivity contribution in [3.8, 4) is 0 Å². The van der Waals surface area contributed by atoms with Crippen LogP contribution in [0.3, 0.4) is 0 Å². The molecule has 7 heteroatoms. The molecule has 7 nitrogen and oxygen atoms in total. The molecule has 2 amide bonds. The normalized spacial score (nSPS) is 17.4. The van der Waals surface area contributed by atoms with Crippen molar-refractivity contribution in [1.29, 1.82) is 0 Å². The van der Waals surface area contributed by atoms with Gasteiger partial charge in [0.15, 0.2) is 0 Å². The van der Waals surface area contributed by atoms with Gasteiger partial charge >= 0.3 is 6.03 Å². The van der Waals surface area contributed by atoms with Crippen molar-refractivity contribution in [3.05, 3.63) is 53.0 Å². The number of fused-ring (bicyclic) bond motifs is 1. The molecule has 0 atom stereocenters. The lowest BCUT2D eigenvalue weighted by Gasteiger charge is -2.35. The molecule has 4 rings (SSSR count). The summed E-state index contributed by atoms with van der Waals surface area (Å²) in [6.07, 6.45) is 0.781. The molecule has 2 aromatic rings. The molecule has 1 aromatic heterocycles. The number of amides is 2. The summed E-state index contributed by atoms with van der Waals surface area (Å²) in [5.74, 6) is 1.84. The Labute approximate surface area is 166 Å². The number of rotatable bonds is 3. The highest BCUT2D eigenvalue weighted by Gasteiger charge is 2.28. The monoisotopic (exact) mass is 381 g/mol. The molecule has 1 fully saturated rings. The third-order valence-electron chi connectivity index (χ3n) is 5.64. The van der Waals surface area contributed by atoms with Crippen molar-refractivity contribution >= 4 is 11.8 Å². The highest BCUT2D eigenvalue weighted by Crippen LogP contribution is 2.27. The number of hydrogen-bond donors (Lipinski definition) is 2. The first-order valence-electron chi connectivity index (χ1n) is 10.1. The number of urea groups is 1. The maximum atomic E-state index is 12.7. The van der Waals surface area contributed by atoms with Gasteiger partial charge in [0.2, 0.25) is 0 Å². The molecule has 1 aromatic carbocycles. The van der Waals surface area contributed by atoms with Crippen LogP contribution in [0.1, 0.15) is 22.6 Å². The number of carbonyl (C=O) groups excluding carboxylic acids is 1. The Balaban J connectivity index is 1.48. The number of carbonyl (C=O) groups is 1. The smallest absolute Gasteiger partial charge is 0.317 e. The third kappa shape index (κ3) is 4.09. The summed E-state index contributed by atoms with van der Waals surface area (Å²) >= 11 is 0. The second-order valence-corrected chi connectivity index (χ2v) is 7.78. The summed E-state index contributed by atoms with van der Waals surface area (Å²) in [4.78, 5) is 28.0. The first-order valence-corrected chi connectivity index (χ1v) is 10.1. The number of nitrogens with one attached hydrogen (secondary N) is 2. The number of likely N-dealkylation sites (N-methyl/N-ethyl adjacent to an activating group) is 1. The number of quaternary nitrogens is 1. The highest BCUT2D eigenvalue weighted by atomic mass is 16.2. The molecule has 28 heavy (non-hydrogen) atoms. The zero-order chi connectivity index (χ0) is 19.5. The van der Waals surface area contributed by atoms with Crippen LogP contribution in [0, 0.1) is 6.92 Å². The van der Waals surface area contributed by atoms with Crippen molar-refractivity contribution in [2.45, 2.75) is 26.4 Å². The Morgan fingerprint density at radius 2 is 1.89 bits per heavy atom. The van der Waals surface area contributed by atoms with Gasteiger partial charge in [-0.3, -0.25) is 0 Å². The second kappa shape index (κ2) is 8.14. The number of hydrogen-bond acceptors (Lipinski definition) is 4. The predicted octanol–water partition coefficient (Wildman–Crippen LogP) is 0.388. The Morgan fingerprint density at radius 1 is 1.14 bits per heavy atom. The molecule has 0 spiro atoms. The van der Waals surface area contributed by atoms with Crippen molar-refractivity contribution in [1.82, 2.24) is 20.2 Å². The van der Waals surface area contributed by atoms with Crippen LogP contribution in [0.5, 0.6) is 0 Å². The lowest BCUT2D eigenvalue weighted by molar-refractivity contribution is -0.880. The summed E-state index contributed by atoms with van der Waals surface area (Å²) in [7, 11) is 2.23. The van der Waals surface area contributed by atoms with E-state index in [-0.39, 0.29) is 6.03 Å². The molecule has 0 saturated carbocycles. The summed E-state index contributed by atoms with van der Waals surface area (Å²) in [5.41, 5.74) is 3.32. The van der Waals surface area contributed by atoms with E-state index in [1.807, 2.05) is 42.2 Å². The first kappa shape index (κ1) is 18.7. The molecule has 0 aliphatic carbocycles. The molecule has 2 N–H and O–H groups in total. The Hall–Kier alpha value is -2.67. The average Bonchev–Trinajstić information content (AvgIpc) is 2.72. The van der Waals surface area contributed by atoms with Crippen LogP contribution >= 0.6 is 0 Å². The molecule has 3 heterocycles. The van der Waals surface area contributed by atoms with Crippen molar-refractivity contribution in [2.24, 2.45) is 0 Å². The number of aryl methyl sites for hydroxylation is 1. The van der Waals surface area contributed by atoms with E-state index in [1.54, 1.807) is 4.90 Å². The maximum absolute atomic E-state index is 12.7. The summed E-state index contributed by atoms with van der Waals surface area (Å²) in [5, 5.41) is 3.04. The lowest BCUT2D eigenvalue weighted by Crippen LogP contribution is -3.12. The molecule has 0 unspecified atom stereocenters. The number of piperazine rings is 1. The minimum atomic E-state index is -0.0242. The summed E-state index contributed by atoms with van der Waals surface area (Å²) < 4.78 is 0. The standard InChI is InChI=1S/C21H28N6O/c1-16-23-19-8-9-27(21(28)22-14-17-6-4-3-5-7-17)15-18(19)20(24-16)26-12-10-25(2)11-13-26/h3-7H,8-15H2,1-2H3,(H,22,28)/p+1. The van der Waals surface area contributed by atoms with Crippen LogP contribution in [-0.4, -0.2) is 60.7 Å². The van der Waals surface area contributed by atoms with Crippen LogP contribution in [-0.2, 0) is 19.5 Å². The van der Waals surface area contributed by atoms with Gasteiger partial charge in [-0.2, -0.15) is 0 Å². The minimum absolute atomic E-state index is 0.0242. The van der Waals surface area contributed by atoms with E-state index < -0.39 is 0 Å². The molecule has 0 radical (unpaired) electrons. The van der Waals surface area contributed by atoms with Gasteiger partial charge in [-0.25, -0.2) is 14.8 Å². The van der Waals surface area contributed by atoms with Crippen LogP contribution in [0.25, 0.3) is 0 Å². The largest absolute Gasteiger partial charge is 0.345 e. The Morgan fingerprint density at radius 3 is 2.64 bits per heavy atom. The van der Waals surface area contributed by atoms with Crippen LogP contribution < -0.4 is 15.1 Å². The molecule has 1 saturated heterocycles. The SMILES string of the molecule is Cc1nc2c(c(N3CC[NH+](C)CC3)n1)CN(C(=O)NCc1ccccc1)CC2. The quantitative estimate of drug-likeness (QED) is 0.807. The van der Waals surface area contributed by atoms with Gasteiger partial charge in [-0.1, -0.05) is 30.3 Å². The molecule has 148 valence electrons. The topological polar surface area (TPSA) is 65.8 Å². The molecule has 2 aliphatic rings. The van der Waals surface area contributed by atoms with E-state index in [2.05, 4.69) is 22.2 Å². The maximum Gasteiger partial charge on any atom is 0.317 e. The van der Waals surface area contributed by atoms with Crippen molar-refractivity contribution in [2.75, 3.05) is 44.7 Å². The molecular formula is C21H29N6O+.